The Balaban J connectivity index is 2.03. The largest absolute Gasteiger partial charge is 0.355 e. The number of nitrogens with one attached hydrogen (secondary N) is 3. The molecule has 0 unspecified atom stereocenters. The van der Waals surface area contributed by atoms with Gasteiger partial charge < -0.3 is 16.0 Å². The molecule has 110 valence electrons. The van der Waals surface area contributed by atoms with Crippen molar-refractivity contribution in [3.8, 4) is 0 Å². The zero-order chi connectivity index (χ0) is 13.9. The molecule has 0 atom stereocenters. The lowest BCUT2D eigenvalue weighted by Gasteiger charge is -2.20. The lowest BCUT2D eigenvalue weighted by molar-refractivity contribution is -0.126. The van der Waals surface area contributed by atoms with Crippen LogP contribution in [0.15, 0.2) is 0 Å². The fraction of sp³-hybridized carbons (Fsp3) is 0.857. The van der Waals surface area contributed by atoms with Gasteiger partial charge in [0.15, 0.2) is 0 Å². The van der Waals surface area contributed by atoms with Crippen molar-refractivity contribution in [2.45, 2.75) is 44.9 Å². The van der Waals surface area contributed by atoms with Gasteiger partial charge in [-0.25, -0.2) is 0 Å². The number of rotatable bonds is 8. The lowest BCUT2D eigenvalue weighted by Crippen LogP contribution is -2.38. The van der Waals surface area contributed by atoms with E-state index in [1.54, 1.807) is 0 Å². The molecule has 3 N–H and O–H groups in total. The normalized spacial score (nSPS) is 16.1. The zero-order valence-electron chi connectivity index (χ0n) is 12.0. The van der Waals surface area contributed by atoms with Crippen molar-refractivity contribution in [1.29, 1.82) is 0 Å². The molecule has 1 fully saturated rings. The Hall–Kier alpha value is -1.10. The standard InChI is InChI=1S/C14H27N3O2/c1-15-8-5-9-16-14(19)11-17-13(18)10-12-6-3-2-4-7-12/h12,15H,2-11H2,1H3,(H,16,19)(H,17,18). The zero-order valence-corrected chi connectivity index (χ0v) is 12.0. The van der Waals surface area contributed by atoms with E-state index in [0.717, 1.165) is 25.8 Å². The quantitative estimate of drug-likeness (QED) is 0.571. The van der Waals surface area contributed by atoms with Gasteiger partial charge in [0.05, 0.1) is 6.54 Å². The smallest absolute Gasteiger partial charge is 0.239 e. The molecule has 0 aliphatic heterocycles. The molecule has 5 heteroatoms. The lowest BCUT2D eigenvalue weighted by atomic mass is 9.87. The van der Waals surface area contributed by atoms with E-state index in [9.17, 15) is 9.59 Å². The molecule has 5 nitrogen and oxygen atoms in total. The molecule has 0 aromatic carbocycles. The molecule has 0 aromatic rings. The number of hydrogen-bond acceptors (Lipinski definition) is 3. The van der Waals surface area contributed by atoms with Gasteiger partial charge in [-0.15, -0.1) is 0 Å². The minimum Gasteiger partial charge on any atom is -0.355 e. The van der Waals surface area contributed by atoms with Gasteiger partial charge in [0.25, 0.3) is 0 Å². The van der Waals surface area contributed by atoms with Gasteiger partial charge in [-0.2, -0.15) is 0 Å². The summed E-state index contributed by atoms with van der Waals surface area (Å²) in [6.45, 7) is 1.64. The van der Waals surface area contributed by atoms with Crippen LogP contribution in [0.4, 0.5) is 0 Å². The monoisotopic (exact) mass is 269 g/mol. The molecule has 0 aromatic heterocycles. The van der Waals surface area contributed by atoms with Crippen molar-refractivity contribution in [3.63, 3.8) is 0 Å². The van der Waals surface area contributed by atoms with E-state index in [2.05, 4.69) is 16.0 Å². The number of amides is 2. The highest BCUT2D eigenvalue weighted by Crippen LogP contribution is 2.25. The van der Waals surface area contributed by atoms with E-state index in [1.165, 1.54) is 19.3 Å². The molecule has 0 heterocycles. The molecule has 0 bridgehead atoms. The second-order valence-electron chi connectivity index (χ2n) is 5.29. The van der Waals surface area contributed by atoms with Crippen LogP contribution in [0.2, 0.25) is 0 Å². The van der Waals surface area contributed by atoms with Crippen molar-refractivity contribution in [3.05, 3.63) is 0 Å². The van der Waals surface area contributed by atoms with Crippen LogP contribution in [0, 0.1) is 5.92 Å². The number of hydrogen-bond donors (Lipinski definition) is 3. The Kier molecular flexibility index (Phi) is 8.21. The first kappa shape index (κ1) is 16.0. The Morgan fingerprint density at radius 2 is 1.74 bits per heavy atom. The van der Waals surface area contributed by atoms with E-state index >= 15 is 0 Å². The van der Waals surface area contributed by atoms with Gasteiger partial charge in [0.2, 0.25) is 11.8 Å². The summed E-state index contributed by atoms with van der Waals surface area (Å²) in [5.74, 6) is 0.429. The van der Waals surface area contributed by atoms with E-state index in [1.807, 2.05) is 7.05 Å². The summed E-state index contributed by atoms with van der Waals surface area (Å²) >= 11 is 0. The van der Waals surface area contributed by atoms with Crippen LogP contribution in [-0.4, -0.2) is 38.5 Å². The van der Waals surface area contributed by atoms with E-state index in [0.29, 0.717) is 18.9 Å². The SMILES string of the molecule is CNCCCNC(=O)CNC(=O)CC1CCCCC1. The highest BCUT2D eigenvalue weighted by molar-refractivity contribution is 5.84. The summed E-state index contributed by atoms with van der Waals surface area (Å²) in [6.07, 6.45) is 7.57. The summed E-state index contributed by atoms with van der Waals surface area (Å²) in [7, 11) is 1.88. The predicted molar refractivity (Wildman–Crippen MR) is 75.8 cm³/mol. The summed E-state index contributed by atoms with van der Waals surface area (Å²) in [5.41, 5.74) is 0. The van der Waals surface area contributed by atoms with Crippen LogP contribution in [-0.2, 0) is 9.59 Å². The highest BCUT2D eigenvalue weighted by Gasteiger charge is 2.17. The Morgan fingerprint density at radius 1 is 1.00 bits per heavy atom. The molecule has 1 aliphatic rings. The van der Waals surface area contributed by atoms with E-state index in [4.69, 9.17) is 0 Å². The summed E-state index contributed by atoms with van der Waals surface area (Å²) in [5, 5.41) is 8.50. The molecule has 0 spiro atoms. The molecule has 1 saturated carbocycles. The predicted octanol–water partition coefficient (Wildman–Crippen LogP) is 0.799. The first-order valence-corrected chi connectivity index (χ1v) is 7.40. The fourth-order valence-electron chi connectivity index (χ4n) is 2.46. The third-order valence-corrected chi connectivity index (χ3v) is 3.57. The van der Waals surface area contributed by atoms with E-state index < -0.39 is 0 Å². The fourth-order valence-corrected chi connectivity index (χ4v) is 2.46. The van der Waals surface area contributed by atoms with Crippen LogP contribution in [0.25, 0.3) is 0 Å². The molecule has 0 radical (unpaired) electrons. The molecular formula is C14H27N3O2. The minimum atomic E-state index is -0.104. The van der Waals surface area contributed by atoms with Gasteiger partial charge in [-0.1, -0.05) is 19.3 Å². The molecule has 0 saturated heterocycles. The number of carbonyl (C=O) groups is 2. The Bertz CT molecular complexity index is 276. The van der Waals surface area contributed by atoms with Crippen LogP contribution in [0.5, 0.6) is 0 Å². The molecule has 2 amide bonds. The average Bonchev–Trinajstić information content (AvgIpc) is 2.42. The maximum absolute atomic E-state index is 11.7. The van der Waals surface area contributed by atoms with Gasteiger partial charge in [-0.05, 0) is 38.8 Å². The second-order valence-corrected chi connectivity index (χ2v) is 5.29. The average molecular weight is 269 g/mol. The molecule has 1 aliphatic carbocycles. The summed E-state index contributed by atoms with van der Waals surface area (Å²) < 4.78 is 0. The molecular weight excluding hydrogens is 242 g/mol. The van der Waals surface area contributed by atoms with Crippen molar-refractivity contribution in [1.82, 2.24) is 16.0 Å². The maximum atomic E-state index is 11.7. The summed E-state index contributed by atoms with van der Waals surface area (Å²) in [6, 6.07) is 0. The molecule has 19 heavy (non-hydrogen) atoms. The van der Waals surface area contributed by atoms with Crippen LogP contribution >= 0.6 is 0 Å². The van der Waals surface area contributed by atoms with Crippen LogP contribution < -0.4 is 16.0 Å². The molecule has 1 rings (SSSR count). The Labute approximate surface area is 115 Å². The minimum absolute atomic E-state index is 0.0114. The number of carbonyl (C=O) groups excluding carboxylic acids is 2. The Morgan fingerprint density at radius 3 is 2.42 bits per heavy atom. The van der Waals surface area contributed by atoms with Gasteiger partial charge in [-0.3, -0.25) is 9.59 Å². The summed E-state index contributed by atoms with van der Waals surface area (Å²) in [4.78, 5) is 23.1. The van der Waals surface area contributed by atoms with Crippen molar-refractivity contribution in [2.75, 3.05) is 26.7 Å². The van der Waals surface area contributed by atoms with Crippen molar-refractivity contribution >= 4 is 11.8 Å². The van der Waals surface area contributed by atoms with Crippen molar-refractivity contribution in [2.24, 2.45) is 5.92 Å². The van der Waals surface area contributed by atoms with Crippen LogP contribution in [0.3, 0.4) is 0 Å². The third kappa shape index (κ3) is 7.82. The van der Waals surface area contributed by atoms with Gasteiger partial charge >= 0.3 is 0 Å². The second kappa shape index (κ2) is 9.78. The maximum Gasteiger partial charge on any atom is 0.239 e. The third-order valence-electron chi connectivity index (χ3n) is 3.57. The van der Waals surface area contributed by atoms with E-state index in [-0.39, 0.29) is 18.4 Å². The van der Waals surface area contributed by atoms with Crippen molar-refractivity contribution < 1.29 is 9.59 Å². The van der Waals surface area contributed by atoms with Gasteiger partial charge in [0, 0.05) is 13.0 Å². The first-order chi connectivity index (χ1) is 9.22. The van der Waals surface area contributed by atoms with Crippen LogP contribution in [0.1, 0.15) is 44.9 Å². The first-order valence-electron chi connectivity index (χ1n) is 7.40. The van der Waals surface area contributed by atoms with Gasteiger partial charge in [0.1, 0.15) is 0 Å². The highest BCUT2D eigenvalue weighted by atomic mass is 16.2. The topological polar surface area (TPSA) is 70.2 Å².